The summed E-state index contributed by atoms with van der Waals surface area (Å²) < 4.78 is 5.23. The minimum Gasteiger partial charge on any atom is -0.368 e. The van der Waals surface area contributed by atoms with Crippen molar-refractivity contribution in [3.63, 3.8) is 0 Å². The van der Waals surface area contributed by atoms with Gasteiger partial charge in [-0.15, -0.1) is 0 Å². The van der Waals surface area contributed by atoms with E-state index in [-0.39, 0.29) is 0 Å². The largest absolute Gasteiger partial charge is 0.368 e. The summed E-state index contributed by atoms with van der Waals surface area (Å²) in [5.41, 5.74) is 4.28. The number of benzene rings is 1. The minimum absolute atomic E-state index is 0.290. The van der Waals surface area contributed by atoms with Gasteiger partial charge >= 0.3 is 0 Å². The third-order valence-electron chi connectivity index (χ3n) is 2.60. The Labute approximate surface area is 78.0 Å². The van der Waals surface area contributed by atoms with Crippen LogP contribution in [0.5, 0.6) is 0 Å². The Hall–Kier alpha value is -1.33. The Balaban J connectivity index is 2.52. The number of nitrogens with zero attached hydrogens (tertiary/aromatic N) is 1. The average molecular weight is 173 g/mol. The maximum atomic E-state index is 6.97. The van der Waals surface area contributed by atoms with E-state index in [1.54, 1.807) is 0 Å². The summed E-state index contributed by atoms with van der Waals surface area (Å²) in [7, 11) is 0. The van der Waals surface area contributed by atoms with Gasteiger partial charge in [0.15, 0.2) is 5.69 Å². The van der Waals surface area contributed by atoms with Gasteiger partial charge in [-0.2, -0.15) is 0 Å². The van der Waals surface area contributed by atoms with E-state index in [2.05, 4.69) is 11.8 Å². The van der Waals surface area contributed by atoms with Gasteiger partial charge in [-0.1, -0.05) is 17.7 Å². The first-order valence-corrected chi connectivity index (χ1v) is 4.33. The predicted octanol–water partition coefficient (Wildman–Crippen LogP) is 2.93. The van der Waals surface area contributed by atoms with Crippen molar-refractivity contribution in [2.24, 2.45) is 0 Å². The molecule has 1 saturated heterocycles. The van der Waals surface area contributed by atoms with E-state index in [0.29, 0.717) is 6.10 Å². The molecule has 66 valence electrons. The summed E-state index contributed by atoms with van der Waals surface area (Å²) in [6.45, 7) is 11.9. The van der Waals surface area contributed by atoms with Crippen LogP contribution in [-0.4, -0.2) is 6.61 Å². The van der Waals surface area contributed by atoms with E-state index < -0.39 is 0 Å². The molecule has 0 aromatic heterocycles. The molecule has 1 aromatic rings. The van der Waals surface area contributed by atoms with Crippen LogP contribution in [0.15, 0.2) is 12.1 Å². The van der Waals surface area contributed by atoms with Crippen LogP contribution in [0.25, 0.3) is 4.85 Å². The summed E-state index contributed by atoms with van der Waals surface area (Å²) in [4.78, 5) is 3.46. The van der Waals surface area contributed by atoms with Gasteiger partial charge in [0.25, 0.3) is 0 Å². The number of hydrogen-bond acceptors (Lipinski definition) is 1. The molecule has 0 N–H and O–H groups in total. The second-order valence-corrected chi connectivity index (χ2v) is 3.36. The van der Waals surface area contributed by atoms with Crippen molar-refractivity contribution in [2.75, 3.05) is 6.61 Å². The van der Waals surface area contributed by atoms with Crippen LogP contribution in [0.4, 0.5) is 5.69 Å². The van der Waals surface area contributed by atoms with Gasteiger partial charge in [0.1, 0.15) is 6.10 Å². The Kier molecular flexibility index (Phi) is 1.82. The normalized spacial score (nSPS) is 19.6. The van der Waals surface area contributed by atoms with E-state index in [1.165, 1.54) is 11.1 Å². The molecule has 1 atom stereocenters. The zero-order chi connectivity index (χ0) is 9.42. The molecule has 1 aromatic carbocycles. The van der Waals surface area contributed by atoms with Crippen molar-refractivity contribution in [3.8, 4) is 0 Å². The Bertz CT molecular complexity index is 386. The van der Waals surface area contributed by atoms with Crippen LogP contribution in [0.3, 0.4) is 0 Å². The van der Waals surface area contributed by atoms with Crippen molar-refractivity contribution in [1.82, 2.24) is 0 Å². The first-order chi connectivity index (χ1) is 6.24. The van der Waals surface area contributed by atoms with Crippen LogP contribution < -0.4 is 0 Å². The molecule has 0 aliphatic carbocycles. The highest BCUT2D eigenvalue weighted by atomic mass is 16.6. The average Bonchev–Trinajstić information content (AvgIpc) is 2.93. The van der Waals surface area contributed by atoms with Gasteiger partial charge in [-0.25, -0.2) is 4.85 Å². The summed E-state index contributed by atoms with van der Waals surface area (Å²) in [6.07, 6.45) is 0.290. The van der Waals surface area contributed by atoms with Crippen molar-refractivity contribution < 1.29 is 4.74 Å². The molecule has 0 amide bonds. The molecule has 13 heavy (non-hydrogen) atoms. The Morgan fingerprint density at radius 1 is 1.38 bits per heavy atom. The molecule has 2 heteroatoms. The fraction of sp³-hybridized carbons (Fsp3) is 0.364. The van der Waals surface area contributed by atoms with Crippen molar-refractivity contribution in [2.45, 2.75) is 20.0 Å². The molecule has 0 spiro atoms. The molecule has 0 radical (unpaired) electrons. The van der Waals surface area contributed by atoms with Crippen LogP contribution in [0.1, 0.15) is 22.8 Å². The van der Waals surface area contributed by atoms with E-state index in [0.717, 1.165) is 17.9 Å². The predicted molar refractivity (Wildman–Crippen MR) is 50.9 cm³/mol. The standard InChI is InChI=1S/C11H11NO/c1-7-8(2)10(12-3)5-4-9(7)11-6-13-11/h4-5,11H,6H2,1-2H3. The Morgan fingerprint density at radius 3 is 2.62 bits per heavy atom. The number of ether oxygens (including phenoxy) is 1. The van der Waals surface area contributed by atoms with E-state index in [9.17, 15) is 0 Å². The highest BCUT2D eigenvalue weighted by Crippen LogP contribution is 2.35. The topological polar surface area (TPSA) is 16.9 Å². The molecule has 2 rings (SSSR count). The van der Waals surface area contributed by atoms with Gasteiger partial charge in [-0.3, -0.25) is 0 Å². The molecule has 0 saturated carbocycles. The number of hydrogen-bond donors (Lipinski definition) is 0. The number of epoxide rings is 1. The van der Waals surface area contributed by atoms with Gasteiger partial charge in [0, 0.05) is 0 Å². The van der Waals surface area contributed by atoms with Crippen LogP contribution in [-0.2, 0) is 4.74 Å². The first-order valence-electron chi connectivity index (χ1n) is 4.33. The lowest BCUT2D eigenvalue weighted by molar-refractivity contribution is 0.415. The smallest absolute Gasteiger partial charge is 0.190 e. The zero-order valence-corrected chi connectivity index (χ0v) is 7.79. The monoisotopic (exact) mass is 173 g/mol. The van der Waals surface area contributed by atoms with Gasteiger partial charge < -0.3 is 4.74 Å². The van der Waals surface area contributed by atoms with Crippen molar-refractivity contribution in [1.29, 1.82) is 0 Å². The minimum atomic E-state index is 0.290. The molecule has 1 heterocycles. The maximum Gasteiger partial charge on any atom is 0.190 e. The molecular weight excluding hydrogens is 162 g/mol. The van der Waals surface area contributed by atoms with Crippen molar-refractivity contribution >= 4 is 5.69 Å². The van der Waals surface area contributed by atoms with Gasteiger partial charge in [0.05, 0.1) is 13.2 Å². The molecule has 1 aliphatic heterocycles. The summed E-state index contributed by atoms with van der Waals surface area (Å²) >= 11 is 0. The van der Waals surface area contributed by atoms with Crippen LogP contribution in [0, 0.1) is 20.4 Å². The molecular formula is C11H11NO. The lowest BCUT2D eigenvalue weighted by atomic mass is 10.00. The second kappa shape index (κ2) is 2.86. The van der Waals surface area contributed by atoms with Crippen LogP contribution >= 0.6 is 0 Å². The summed E-state index contributed by atoms with van der Waals surface area (Å²) in [6, 6.07) is 3.89. The summed E-state index contributed by atoms with van der Waals surface area (Å²) in [5, 5.41) is 0. The zero-order valence-electron chi connectivity index (χ0n) is 7.79. The van der Waals surface area contributed by atoms with E-state index >= 15 is 0 Å². The van der Waals surface area contributed by atoms with E-state index in [1.807, 2.05) is 19.1 Å². The molecule has 1 fully saturated rings. The molecule has 2 nitrogen and oxygen atoms in total. The fourth-order valence-corrected chi connectivity index (χ4v) is 1.52. The third kappa shape index (κ3) is 1.32. The molecule has 0 bridgehead atoms. The summed E-state index contributed by atoms with van der Waals surface area (Å²) in [5.74, 6) is 0. The van der Waals surface area contributed by atoms with Crippen LogP contribution in [0.2, 0.25) is 0 Å². The second-order valence-electron chi connectivity index (χ2n) is 3.36. The highest BCUT2D eigenvalue weighted by Gasteiger charge is 2.26. The Morgan fingerprint density at radius 2 is 2.08 bits per heavy atom. The number of rotatable bonds is 1. The van der Waals surface area contributed by atoms with Gasteiger partial charge in [-0.05, 0) is 25.0 Å². The van der Waals surface area contributed by atoms with Crippen molar-refractivity contribution in [3.05, 3.63) is 40.2 Å². The van der Waals surface area contributed by atoms with E-state index in [4.69, 9.17) is 11.3 Å². The van der Waals surface area contributed by atoms with Gasteiger partial charge in [0.2, 0.25) is 0 Å². The molecule has 1 unspecified atom stereocenters. The fourth-order valence-electron chi connectivity index (χ4n) is 1.52. The SMILES string of the molecule is [C-]#[N+]c1ccc(C2CO2)c(C)c1C. The lowest BCUT2D eigenvalue weighted by Gasteiger charge is -2.07. The third-order valence-corrected chi connectivity index (χ3v) is 2.60. The maximum absolute atomic E-state index is 6.97. The first kappa shape index (κ1) is 8.28. The molecule has 1 aliphatic rings. The lowest BCUT2D eigenvalue weighted by Crippen LogP contribution is -1.90. The highest BCUT2D eigenvalue weighted by molar-refractivity contribution is 5.57. The quantitative estimate of drug-likeness (QED) is 0.471.